The van der Waals surface area contributed by atoms with Gasteiger partial charge in [-0.15, -0.1) is 0 Å². The molecular formula is C14H14N2O4S. The first-order valence-electron chi connectivity index (χ1n) is 6.45. The number of primary sulfonamides is 1. The maximum Gasteiger partial charge on any atom is 0.272 e. The molecule has 0 aliphatic heterocycles. The second kappa shape index (κ2) is 4.71. The average Bonchev–Trinajstić information content (AvgIpc) is 3.03. The molecule has 4 N–H and O–H groups in total. The molecule has 0 spiro atoms. The second-order valence-electron chi connectivity index (χ2n) is 5.02. The summed E-state index contributed by atoms with van der Waals surface area (Å²) in [6.45, 7) is 0. The van der Waals surface area contributed by atoms with Gasteiger partial charge in [0.05, 0.1) is 0 Å². The summed E-state index contributed by atoms with van der Waals surface area (Å²) in [4.78, 5) is 11.7. The van der Waals surface area contributed by atoms with E-state index >= 15 is 0 Å². The van der Waals surface area contributed by atoms with Gasteiger partial charge in [0.2, 0.25) is 5.09 Å². The van der Waals surface area contributed by atoms with Crippen LogP contribution in [0.15, 0.2) is 34.0 Å². The molecule has 1 aromatic carbocycles. The highest BCUT2D eigenvalue weighted by molar-refractivity contribution is 7.89. The first-order valence-corrected chi connectivity index (χ1v) is 7.99. The summed E-state index contributed by atoms with van der Waals surface area (Å²) in [5.41, 5.74) is 8.59. The van der Waals surface area contributed by atoms with Crippen LogP contribution in [0.5, 0.6) is 0 Å². The van der Waals surface area contributed by atoms with Gasteiger partial charge in [-0.25, -0.2) is 13.6 Å². The predicted molar refractivity (Wildman–Crippen MR) is 76.1 cm³/mol. The largest absolute Gasteiger partial charge is 0.450 e. The Morgan fingerprint density at radius 2 is 1.95 bits per heavy atom. The van der Waals surface area contributed by atoms with Gasteiger partial charge in [0, 0.05) is 5.56 Å². The quantitative estimate of drug-likeness (QED) is 0.885. The lowest BCUT2D eigenvalue weighted by Crippen LogP contribution is -2.19. The summed E-state index contributed by atoms with van der Waals surface area (Å²) in [7, 11) is -4.15. The van der Waals surface area contributed by atoms with Crippen molar-refractivity contribution in [1.29, 1.82) is 0 Å². The van der Waals surface area contributed by atoms with Crippen LogP contribution in [0.2, 0.25) is 0 Å². The van der Waals surface area contributed by atoms with Crippen molar-refractivity contribution in [2.75, 3.05) is 0 Å². The first kappa shape index (κ1) is 13.8. The van der Waals surface area contributed by atoms with Crippen molar-refractivity contribution >= 4 is 15.9 Å². The molecular weight excluding hydrogens is 292 g/mol. The number of fused-ring (bicyclic) bond motifs is 1. The molecule has 0 saturated carbocycles. The molecule has 3 rings (SSSR count). The van der Waals surface area contributed by atoms with E-state index in [1.165, 1.54) is 11.8 Å². The van der Waals surface area contributed by atoms with Crippen LogP contribution in [0, 0.1) is 0 Å². The van der Waals surface area contributed by atoms with Crippen molar-refractivity contribution in [1.82, 2.24) is 0 Å². The number of sulfonamides is 1. The van der Waals surface area contributed by atoms with E-state index in [1.54, 1.807) is 0 Å². The normalized spacial score (nSPS) is 14.1. The molecule has 0 saturated heterocycles. The topological polar surface area (TPSA) is 116 Å². The van der Waals surface area contributed by atoms with Crippen molar-refractivity contribution in [3.63, 3.8) is 0 Å². The molecule has 0 unspecified atom stereocenters. The molecule has 1 aliphatic rings. The van der Waals surface area contributed by atoms with Gasteiger partial charge < -0.3 is 10.2 Å². The Balaban J connectivity index is 2.28. The fraction of sp³-hybridized carbons (Fsp3) is 0.214. The van der Waals surface area contributed by atoms with Gasteiger partial charge in [-0.2, -0.15) is 0 Å². The fourth-order valence-electron chi connectivity index (χ4n) is 2.85. The Hall–Kier alpha value is -2.12. The number of furan rings is 1. The van der Waals surface area contributed by atoms with E-state index in [-0.39, 0.29) is 5.56 Å². The number of amides is 1. The number of benzene rings is 1. The number of nitrogens with two attached hydrogens (primary N) is 2. The van der Waals surface area contributed by atoms with E-state index in [0.29, 0.717) is 5.56 Å². The standard InChI is InChI=1S/C14H14N2O4S/c15-13(17)12-11(7-20-14(12)21(16,18)19)10-6-2-4-8-3-1-5-9(8)10/h2,4,6-7H,1,3,5H2,(H2,15,17)(H2,16,18,19). The second-order valence-corrected chi connectivity index (χ2v) is 6.48. The number of carbonyl (C=O) groups is 1. The third-order valence-corrected chi connectivity index (χ3v) is 4.52. The summed E-state index contributed by atoms with van der Waals surface area (Å²) in [6, 6.07) is 5.72. The van der Waals surface area contributed by atoms with Crippen LogP contribution in [0.3, 0.4) is 0 Å². The Bertz CT molecular complexity index is 837. The molecule has 6 nitrogen and oxygen atoms in total. The van der Waals surface area contributed by atoms with Gasteiger partial charge in [0.15, 0.2) is 0 Å². The zero-order chi connectivity index (χ0) is 15.2. The van der Waals surface area contributed by atoms with Gasteiger partial charge in [-0.3, -0.25) is 4.79 Å². The molecule has 1 aromatic heterocycles. The van der Waals surface area contributed by atoms with E-state index in [0.717, 1.165) is 30.4 Å². The van der Waals surface area contributed by atoms with E-state index in [4.69, 9.17) is 15.3 Å². The van der Waals surface area contributed by atoms with Gasteiger partial charge in [0.1, 0.15) is 11.8 Å². The van der Waals surface area contributed by atoms with Crippen LogP contribution in [0.1, 0.15) is 27.9 Å². The molecule has 0 fully saturated rings. The lowest BCUT2D eigenvalue weighted by molar-refractivity contribution is 0.0995. The van der Waals surface area contributed by atoms with Crippen molar-refractivity contribution in [2.24, 2.45) is 10.9 Å². The molecule has 110 valence electrons. The van der Waals surface area contributed by atoms with Crippen molar-refractivity contribution < 1.29 is 17.6 Å². The summed E-state index contributed by atoms with van der Waals surface area (Å²) < 4.78 is 28.0. The fourth-order valence-corrected chi connectivity index (χ4v) is 3.53. The minimum absolute atomic E-state index is 0.183. The number of primary amides is 1. The third-order valence-electron chi connectivity index (χ3n) is 3.70. The molecule has 21 heavy (non-hydrogen) atoms. The molecule has 1 amide bonds. The monoisotopic (exact) mass is 306 g/mol. The van der Waals surface area contributed by atoms with Crippen LogP contribution in [0.25, 0.3) is 11.1 Å². The van der Waals surface area contributed by atoms with Crippen LogP contribution in [-0.4, -0.2) is 14.3 Å². The maximum atomic E-state index is 11.7. The van der Waals surface area contributed by atoms with E-state index in [2.05, 4.69) is 0 Å². The minimum atomic E-state index is -4.15. The van der Waals surface area contributed by atoms with Crippen LogP contribution in [-0.2, 0) is 22.9 Å². The summed E-state index contributed by atoms with van der Waals surface area (Å²) in [5.74, 6) is -0.877. The third kappa shape index (κ3) is 2.24. The number of rotatable bonds is 3. The SMILES string of the molecule is NC(=O)c1c(-c2cccc3c2CCC3)coc1S(N)(=O)=O. The van der Waals surface area contributed by atoms with Gasteiger partial charge in [-0.1, -0.05) is 18.2 Å². The van der Waals surface area contributed by atoms with Gasteiger partial charge in [-0.05, 0) is 36.0 Å². The summed E-state index contributed by atoms with van der Waals surface area (Å²) in [6.07, 6.45) is 4.10. The van der Waals surface area contributed by atoms with E-state index < -0.39 is 21.0 Å². The molecule has 2 aromatic rings. The Morgan fingerprint density at radius 3 is 2.62 bits per heavy atom. The highest BCUT2D eigenvalue weighted by Gasteiger charge is 2.28. The molecule has 1 aliphatic carbocycles. The van der Waals surface area contributed by atoms with Crippen LogP contribution in [0.4, 0.5) is 0 Å². The van der Waals surface area contributed by atoms with Gasteiger partial charge >= 0.3 is 0 Å². The Morgan fingerprint density at radius 1 is 1.19 bits per heavy atom. The summed E-state index contributed by atoms with van der Waals surface area (Å²) in [5, 5.41) is 4.49. The smallest absolute Gasteiger partial charge is 0.272 e. The lowest BCUT2D eigenvalue weighted by Gasteiger charge is -2.08. The molecule has 0 bridgehead atoms. The highest BCUT2D eigenvalue weighted by Crippen LogP contribution is 2.36. The molecule has 0 radical (unpaired) electrons. The van der Waals surface area contributed by atoms with Crippen LogP contribution < -0.4 is 10.9 Å². The Labute approximate surface area is 121 Å². The lowest BCUT2D eigenvalue weighted by atomic mass is 9.96. The van der Waals surface area contributed by atoms with Crippen molar-refractivity contribution in [2.45, 2.75) is 24.4 Å². The van der Waals surface area contributed by atoms with Crippen molar-refractivity contribution in [3.8, 4) is 11.1 Å². The summed E-state index contributed by atoms with van der Waals surface area (Å²) >= 11 is 0. The zero-order valence-corrected chi connectivity index (χ0v) is 11.9. The zero-order valence-electron chi connectivity index (χ0n) is 11.1. The number of hydrogen-bond donors (Lipinski definition) is 2. The Kier molecular flexibility index (Phi) is 3.11. The van der Waals surface area contributed by atoms with Crippen LogP contribution >= 0.6 is 0 Å². The number of carbonyl (C=O) groups excluding carboxylic acids is 1. The van der Waals surface area contributed by atoms with Gasteiger partial charge in [0.25, 0.3) is 15.9 Å². The highest BCUT2D eigenvalue weighted by atomic mass is 32.2. The number of aryl methyl sites for hydroxylation is 1. The maximum absolute atomic E-state index is 11.7. The van der Waals surface area contributed by atoms with Crippen molar-refractivity contribution in [3.05, 3.63) is 41.2 Å². The average molecular weight is 306 g/mol. The first-order chi connectivity index (χ1) is 9.89. The number of hydrogen-bond acceptors (Lipinski definition) is 4. The predicted octanol–water partition coefficient (Wildman–Crippen LogP) is 1.18. The minimum Gasteiger partial charge on any atom is -0.450 e. The van der Waals surface area contributed by atoms with E-state index in [1.807, 2.05) is 18.2 Å². The molecule has 0 atom stereocenters. The van der Waals surface area contributed by atoms with E-state index in [9.17, 15) is 13.2 Å². The molecule has 1 heterocycles. The molecule has 7 heteroatoms.